The van der Waals surface area contributed by atoms with E-state index in [0.717, 1.165) is 30.7 Å². The third kappa shape index (κ3) is 4.26. The van der Waals surface area contributed by atoms with Gasteiger partial charge in [0.25, 0.3) is 0 Å². The molecule has 0 rings (SSSR count). The number of rotatable bonds is 6. The molecule has 0 aliphatic heterocycles. The van der Waals surface area contributed by atoms with E-state index in [1.807, 2.05) is 0 Å². The number of hydrogen-bond donors (Lipinski definition) is 2. The summed E-state index contributed by atoms with van der Waals surface area (Å²) in [6.45, 7) is 8.09. The van der Waals surface area contributed by atoms with E-state index in [-0.39, 0.29) is 25.6 Å². The number of quaternary nitrogens is 1. The standard InChI is InChI=1S/C8H20NO2.ClH/c1-3-9(4-2,5-7-10)6-8-11;/h10-11H,3-8H2,1-2H3;1H/q+1;/p-1. The maximum absolute atomic E-state index is 8.79. The normalized spacial score (nSPS) is 11.0. The van der Waals surface area contributed by atoms with Gasteiger partial charge in [-0.05, 0) is 13.8 Å². The van der Waals surface area contributed by atoms with Crippen molar-refractivity contribution in [3.63, 3.8) is 0 Å². The maximum Gasteiger partial charge on any atom is 0.102 e. The lowest BCUT2D eigenvalue weighted by Crippen LogP contribution is -3.00. The number of halogens is 1. The minimum atomic E-state index is 0. The Morgan fingerprint density at radius 2 is 1.25 bits per heavy atom. The summed E-state index contributed by atoms with van der Waals surface area (Å²) in [5.74, 6) is 0. The molecule has 0 spiro atoms. The minimum Gasteiger partial charge on any atom is -1.00 e. The molecular formula is C8H20ClNO2. The van der Waals surface area contributed by atoms with Crippen LogP contribution in [0.25, 0.3) is 0 Å². The van der Waals surface area contributed by atoms with Gasteiger partial charge in [-0.2, -0.15) is 0 Å². The lowest BCUT2D eigenvalue weighted by atomic mass is 10.3. The Morgan fingerprint density at radius 3 is 1.42 bits per heavy atom. The highest BCUT2D eigenvalue weighted by atomic mass is 35.5. The number of likely N-dealkylation sites (N-methyl/N-ethyl adjacent to an activating group) is 1. The smallest absolute Gasteiger partial charge is 0.102 e. The Balaban J connectivity index is 0. The molecule has 0 bridgehead atoms. The molecule has 0 aliphatic carbocycles. The van der Waals surface area contributed by atoms with Gasteiger partial charge in [0, 0.05) is 0 Å². The fourth-order valence-electron chi connectivity index (χ4n) is 1.39. The summed E-state index contributed by atoms with van der Waals surface area (Å²) in [5, 5.41) is 17.6. The average Bonchev–Trinajstić information content (AvgIpc) is 2.04. The van der Waals surface area contributed by atoms with Crippen molar-refractivity contribution < 1.29 is 27.1 Å². The van der Waals surface area contributed by atoms with Gasteiger partial charge in [-0.3, -0.25) is 0 Å². The monoisotopic (exact) mass is 197 g/mol. The second-order valence-corrected chi connectivity index (χ2v) is 2.87. The van der Waals surface area contributed by atoms with Gasteiger partial charge in [0.1, 0.15) is 13.1 Å². The van der Waals surface area contributed by atoms with Crippen LogP contribution in [0, 0.1) is 0 Å². The number of aliphatic hydroxyl groups is 2. The van der Waals surface area contributed by atoms with Crippen molar-refractivity contribution in [1.82, 2.24) is 0 Å². The molecule has 0 saturated heterocycles. The van der Waals surface area contributed by atoms with Crippen LogP contribution in [0.1, 0.15) is 13.8 Å². The SMILES string of the molecule is CC[N+](CC)(CCO)CCO.[Cl-]. The first-order valence-corrected chi connectivity index (χ1v) is 4.31. The molecule has 0 saturated carbocycles. The molecule has 0 aromatic carbocycles. The van der Waals surface area contributed by atoms with E-state index < -0.39 is 0 Å². The van der Waals surface area contributed by atoms with Crippen molar-refractivity contribution in [1.29, 1.82) is 0 Å². The maximum atomic E-state index is 8.79. The zero-order valence-corrected chi connectivity index (χ0v) is 8.72. The van der Waals surface area contributed by atoms with Crippen molar-refractivity contribution in [2.24, 2.45) is 0 Å². The van der Waals surface area contributed by atoms with Crippen molar-refractivity contribution in [3.05, 3.63) is 0 Å². The van der Waals surface area contributed by atoms with Gasteiger partial charge >= 0.3 is 0 Å². The molecule has 0 aliphatic rings. The second-order valence-electron chi connectivity index (χ2n) is 2.87. The largest absolute Gasteiger partial charge is 1.00 e. The van der Waals surface area contributed by atoms with E-state index in [4.69, 9.17) is 10.2 Å². The third-order valence-electron chi connectivity index (χ3n) is 2.49. The lowest BCUT2D eigenvalue weighted by molar-refractivity contribution is -0.925. The Kier molecular flexibility index (Phi) is 9.54. The topological polar surface area (TPSA) is 40.5 Å². The Labute approximate surface area is 81.0 Å². The molecule has 0 aromatic heterocycles. The third-order valence-corrected chi connectivity index (χ3v) is 2.49. The molecule has 0 heterocycles. The van der Waals surface area contributed by atoms with Crippen LogP contribution < -0.4 is 12.4 Å². The zero-order valence-electron chi connectivity index (χ0n) is 7.96. The van der Waals surface area contributed by atoms with Gasteiger partial charge < -0.3 is 27.1 Å². The van der Waals surface area contributed by atoms with Crippen LogP contribution in [0.3, 0.4) is 0 Å². The zero-order chi connectivity index (χ0) is 8.74. The first-order valence-electron chi connectivity index (χ1n) is 4.31. The van der Waals surface area contributed by atoms with Crippen LogP contribution in [0.5, 0.6) is 0 Å². The molecule has 0 atom stereocenters. The minimum absolute atomic E-state index is 0. The van der Waals surface area contributed by atoms with E-state index in [2.05, 4.69) is 13.8 Å². The summed E-state index contributed by atoms with van der Waals surface area (Å²) in [4.78, 5) is 0. The molecule has 76 valence electrons. The summed E-state index contributed by atoms with van der Waals surface area (Å²) in [6.07, 6.45) is 0. The van der Waals surface area contributed by atoms with Gasteiger partial charge in [0.15, 0.2) is 0 Å². The summed E-state index contributed by atoms with van der Waals surface area (Å²) >= 11 is 0. The second kappa shape index (κ2) is 7.80. The first kappa shape index (κ1) is 14.7. The Morgan fingerprint density at radius 1 is 0.917 bits per heavy atom. The molecular weight excluding hydrogens is 178 g/mol. The van der Waals surface area contributed by atoms with Crippen LogP contribution in [-0.2, 0) is 0 Å². The molecule has 12 heavy (non-hydrogen) atoms. The summed E-state index contributed by atoms with van der Waals surface area (Å²) in [5.41, 5.74) is 0. The first-order chi connectivity index (χ1) is 5.24. The van der Waals surface area contributed by atoms with E-state index >= 15 is 0 Å². The molecule has 0 amide bonds. The molecule has 3 nitrogen and oxygen atoms in total. The van der Waals surface area contributed by atoms with Crippen molar-refractivity contribution >= 4 is 0 Å². The lowest BCUT2D eigenvalue weighted by Gasteiger charge is -2.35. The van der Waals surface area contributed by atoms with Crippen LogP contribution >= 0.6 is 0 Å². The summed E-state index contributed by atoms with van der Waals surface area (Å²) < 4.78 is 0.826. The summed E-state index contributed by atoms with van der Waals surface area (Å²) in [7, 11) is 0. The quantitative estimate of drug-likeness (QED) is 0.442. The van der Waals surface area contributed by atoms with Crippen LogP contribution in [0.2, 0.25) is 0 Å². The van der Waals surface area contributed by atoms with Crippen LogP contribution in [0.4, 0.5) is 0 Å². The van der Waals surface area contributed by atoms with Gasteiger partial charge in [-0.1, -0.05) is 0 Å². The van der Waals surface area contributed by atoms with Gasteiger partial charge in [-0.15, -0.1) is 0 Å². The highest BCUT2D eigenvalue weighted by Crippen LogP contribution is 2.03. The van der Waals surface area contributed by atoms with Crippen molar-refractivity contribution in [2.75, 3.05) is 39.4 Å². The molecule has 0 aromatic rings. The molecule has 0 radical (unpaired) electrons. The fraction of sp³-hybridized carbons (Fsp3) is 1.00. The fourth-order valence-corrected chi connectivity index (χ4v) is 1.39. The Bertz CT molecular complexity index is 89.1. The van der Waals surface area contributed by atoms with Gasteiger partial charge in [0.2, 0.25) is 0 Å². The highest BCUT2D eigenvalue weighted by Gasteiger charge is 2.20. The van der Waals surface area contributed by atoms with Crippen molar-refractivity contribution in [3.8, 4) is 0 Å². The van der Waals surface area contributed by atoms with Crippen LogP contribution in [-0.4, -0.2) is 54.1 Å². The van der Waals surface area contributed by atoms with E-state index in [1.54, 1.807) is 0 Å². The van der Waals surface area contributed by atoms with Gasteiger partial charge in [0.05, 0.1) is 26.3 Å². The average molecular weight is 198 g/mol. The van der Waals surface area contributed by atoms with E-state index in [0.29, 0.717) is 0 Å². The van der Waals surface area contributed by atoms with Gasteiger partial charge in [-0.25, -0.2) is 0 Å². The predicted molar refractivity (Wildman–Crippen MR) is 45.2 cm³/mol. The molecule has 2 N–H and O–H groups in total. The summed E-state index contributed by atoms with van der Waals surface area (Å²) in [6, 6.07) is 0. The van der Waals surface area contributed by atoms with E-state index in [9.17, 15) is 0 Å². The number of aliphatic hydroxyl groups excluding tert-OH is 2. The molecule has 0 unspecified atom stereocenters. The number of hydrogen-bond acceptors (Lipinski definition) is 2. The predicted octanol–water partition coefficient (Wildman–Crippen LogP) is -3.17. The highest BCUT2D eigenvalue weighted by molar-refractivity contribution is 4.38. The van der Waals surface area contributed by atoms with E-state index in [1.165, 1.54) is 0 Å². The van der Waals surface area contributed by atoms with Crippen LogP contribution in [0.15, 0.2) is 0 Å². The number of nitrogens with zero attached hydrogens (tertiary/aromatic N) is 1. The molecule has 0 fully saturated rings. The van der Waals surface area contributed by atoms with Crippen molar-refractivity contribution in [2.45, 2.75) is 13.8 Å². The molecule has 4 heteroatoms. The Hall–Kier alpha value is 0.170.